The minimum atomic E-state index is -4.19. The lowest BCUT2D eigenvalue weighted by atomic mass is 10.2. The van der Waals surface area contributed by atoms with Gasteiger partial charge in [0.05, 0.1) is 22.2 Å². The van der Waals surface area contributed by atoms with Crippen LogP contribution in [0.2, 0.25) is 0 Å². The third kappa shape index (κ3) is 4.55. The second-order valence-corrected chi connectivity index (χ2v) is 10.8. The SMILES string of the molecule is O=S(=O)(Nc1ccc(F)c(Nc2ncnc3ccc(-n4cnc5ccccc54)nc23)c1F)c1ccccc1Br. The van der Waals surface area contributed by atoms with Crippen molar-refractivity contribution in [3.05, 3.63) is 102 Å². The molecule has 0 saturated carbocycles. The molecule has 0 bridgehead atoms. The summed E-state index contributed by atoms with van der Waals surface area (Å²) in [5.74, 6) is -1.60. The van der Waals surface area contributed by atoms with Crippen molar-refractivity contribution in [2.75, 3.05) is 10.0 Å². The van der Waals surface area contributed by atoms with Crippen LogP contribution in [0.15, 0.2) is 94.8 Å². The molecular weight excluding hydrogens is 592 g/mol. The molecule has 0 aliphatic rings. The summed E-state index contributed by atoms with van der Waals surface area (Å²) in [4.78, 5) is 17.2. The molecule has 39 heavy (non-hydrogen) atoms. The lowest BCUT2D eigenvalue weighted by Gasteiger charge is -2.15. The zero-order valence-corrected chi connectivity index (χ0v) is 22.1. The molecule has 6 rings (SSSR count). The molecule has 13 heteroatoms. The van der Waals surface area contributed by atoms with Gasteiger partial charge in [-0.05, 0) is 64.5 Å². The van der Waals surface area contributed by atoms with Gasteiger partial charge in [0.1, 0.15) is 40.4 Å². The molecule has 6 aromatic rings. The largest absolute Gasteiger partial charge is 0.333 e. The molecule has 3 aromatic heterocycles. The Morgan fingerprint density at radius 2 is 1.64 bits per heavy atom. The first kappa shape index (κ1) is 24.8. The van der Waals surface area contributed by atoms with Crippen molar-refractivity contribution in [3.8, 4) is 5.82 Å². The van der Waals surface area contributed by atoms with Crippen molar-refractivity contribution in [1.82, 2.24) is 24.5 Å². The molecule has 9 nitrogen and oxygen atoms in total. The van der Waals surface area contributed by atoms with Gasteiger partial charge in [-0.2, -0.15) is 0 Å². The number of anilines is 3. The van der Waals surface area contributed by atoms with Gasteiger partial charge in [-0.15, -0.1) is 0 Å². The minimum Gasteiger partial charge on any atom is -0.333 e. The number of hydrogen-bond donors (Lipinski definition) is 2. The normalized spacial score (nSPS) is 11.7. The summed E-state index contributed by atoms with van der Waals surface area (Å²) >= 11 is 3.18. The Bertz CT molecular complexity index is 2000. The van der Waals surface area contributed by atoms with Crippen LogP contribution in [0.25, 0.3) is 27.9 Å². The number of para-hydroxylation sites is 2. The molecule has 194 valence electrons. The number of fused-ring (bicyclic) bond motifs is 2. The summed E-state index contributed by atoms with van der Waals surface area (Å²) in [7, 11) is -4.19. The highest BCUT2D eigenvalue weighted by Gasteiger charge is 2.23. The van der Waals surface area contributed by atoms with E-state index in [4.69, 9.17) is 0 Å². The number of benzene rings is 3. The molecule has 3 aromatic carbocycles. The van der Waals surface area contributed by atoms with E-state index in [1.807, 2.05) is 24.3 Å². The van der Waals surface area contributed by atoms with Crippen molar-refractivity contribution in [1.29, 1.82) is 0 Å². The average Bonchev–Trinajstić information content (AvgIpc) is 3.37. The molecular formula is C26H16BrF2N7O2S. The molecule has 0 aliphatic carbocycles. The topological polar surface area (TPSA) is 115 Å². The van der Waals surface area contributed by atoms with Gasteiger partial charge in [-0.3, -0.25) is 9.29 Å². The zero-order valence-electron chi connectivity index (χ0n) is 19.7. The number of rotatable bonds is 6. The number of nitrogens with zero attached hydrogens (tertiary/aromatic N) is 5. The fourth-order valence-electron chi connectivity index (χ4n) is 4.02. The predicted octanol–water partition coefficient (Wildman–Crippen LogP) is 5.95. The van der Waals surface area contributed by atoms with Crippen molar-refractivity contribution in [2.24, 2.45) is 0 Å². The molecule has 0 radical (unpaired) electrons. The van der Waals surface area contributed by atoms with Gasteiger partial charge in [-0.1, -0.05) is 24.3 Å². The van der Waals surface area contributed by atoms with Gasteiger partial charge in [0.15, 0.2) is 11.6 Å². The minimum absolute atomic E-state index is 0.0230. The summed E-state index contributed by atoms with van der Waals surface area (Å²) in [6.07, 6.45) is 2.85. The van der Waals surface area contributed by atoms with Crippen LogP contribution >= 0.6 is 15.9 Å². The third-order valence-electron chi connectivity index (χ3n) is 5.87. The summed E-state index contributed by atoms with van der Waals surface area (Å²) < 4.78 is 60.4. The summed E-state index contributed by atoms with van der Waals surface area (Å²) in [6.45, 7) is 0. The van der Waals surface area contributed by atoms with E-state index in [0.717, 1.165) is 23.2 Å². The lowest BCUT2D eigenvalue weighted by molar-refractivity contribution is 0.588. The Hall–Kier alpha value is -4.49. The van der Waals surface area contributed by atoms with Gasteiger partial charge in [-0.25, -0.2) is 37.1 Å². The molecule has 0 fully saturated rings. The standard InChI is InChI=1S/C26H16BrF2N7O2S/c27-15-5-1-4-8-21(15)39(37,38)35-18-10-9-16(28)24(23(18)29)34-26-25-19(30-13-31-26)11-12-22(33-25)36-14-32-17-6-2-3-7-20(17)36/h1-14,35H,(H,30,31,34). The monoisotopic (exact) mass is 607 g/mol. The van der Waals surface area contributed by atoms with Crippen LogP contribution in [0.4, 0.5) is 26.0 Å². The van der Waals surface area contributed by atoms with E-state index in [-0.39, 0.29) is 16.2 Å². The number of pyridine rings is 1. The van der Waals surface area contributed by atoms with Gasteiger partial charge in [0.25, 0.3) is 10.0 Å². The quantitative estimate of drug-likeness (QED) is 0.240. The van der Waals surface area contributed by atoms with E-state index in [1.54, 1.807) is 29.1 Å². The van der Waals surface area contributed by atoms with Crippen LogP contribution in [0.5, 0.6) is 0 Å². The van der Waals surface area contributed by atoms with Crippen molar-refractivity contribution >= 4 is 65.2 Å². The highest BCUT2D eigenvalue weighted by Crippen LogP contribution is 2.32. The zero-order chi connectivity index (χ0) is 27.1. The lowest BCUT2D eigenvalue weighted by Crippen LogP contribution is -2.15. The number of imidazole rings is 1. The van der Waals surface area contributed by atoms with Gasteiger partial charge < -0.3 is 5.32 Å². The second-order valence-electron chi connectivity index (χ2n) is 8.31. The molecule has 0 atom stereocenters. The molecule has 0 unspecified atom stereocenters. The van der Waals surface area contributed by atoms with Crippen molar-refractivity contribution in [2.45, 2.75) is 4.90 Å². The van der Waals surface area contributed by atoms with E-state index in [0.29, 0.717) is 15.8 Å². The van der Waals surface area contributed by atoms with Crippen LogP contribution in [-0.4, -0.2) is 32.9 Å². The highest BCUT2D eigenvalue weighted by molar-refractivity contribution is 9.10. The van der Waals surface area contributed by atoms with Gasteiger partial charge in [0.2, 0.25) is 0 Å². The highest BCUT2D eigenvalue weighted by atomic mass is 79.9. The van der Waals surface area contributed by atoms with E-state index in [9.17, 15) is 12.8 Å². The first-order valence-electron chi connectivity index (χ1n) is 11.4. The molecule has 2 N–H and O–H groups in total. The first-order chi connectivity index (χ1) is 18.8. The first-order valence-corrected chi connectivity index (χ1v) is 13.7. The maximum Gasteiger partial charge on any atom is 0.263 e. The summed E-state index contributed by atoms with van der Waals surface area (Å²) in [5, 5.41) is 2.64. The molecule has 0 saturated heterocycles. The Labute approximate surface area is 228 Å². The van der Waals surface area contributed by atoms with Crippen molar-refractivity contribution < 1.29 is 17.2 Å². The Morgan fingerprint density at radius 1 is 0.846 bits per heavy atom. The summed E-state index contributed by atoms with van der Waals surface area (Å²) in [5.41, 5.74) is 1.19. The Kier molecular flexibility index (Phi) is 6.16. The van der Waals surface area contributed by atoms with E-state index in [2.05, 4.69) is 45.9 Å². The number of nitrogens with one attached hydrogen (secondary N) is 2. The average molecular weight is 608 g/mol. The third-order valence-corrected chi connectivity index (χ3v) is 8.25. The van der Waals surface area contributed by atoms with E-state index < -0.39 is 33.0 Å². The van der Waals surface area contributed by atoms with Crippen LogP contribution in [0, 0.1) is 11.6 Å². The van der Waals surface area contributed by atoms with Gasteiger partial charge in [0, 0.05) is 4.47 Å². The fourth-order valence-corrected chi connectivity index (χ4v) is 6.09. The Morgan fingerprint density at radius 3 is 2.49 bits per heavy atom. The van der Waals surface area contributed by atoms with Crippen molar-refractivity contribution in [3.63, 3.8) is 0 Å². The second kappa shape index (κ2) is 9.67. The summed E-state index contributed by atoms with van der Waals surface area (Å²) in [6, 6.07) is 19.0. The van der Waals surface area contributed by atoms with Crippen LogP contribution in [-0.2, 0) is 10.0 Å². The molecule has 3 heterocycles. The molecule has 0 spiro atoms. The van der Waals surface area contributed by atoms with E-state index in [1.165, 1.54) is 24.5 Å². The number of aromatic nitrogens is 5. The fraction of sp³-hybridized carbons (Fsp3) is 0. The number of hydrogen-bond acceptors (Lipinski definition) is 7. The van der Waals surface area contributed by atoms with Gasteiger partial charge >= 0.3 is 0 Å². The predicted molar refractivity (Wildman–Crippen MR) is 147 cm³/mol. The maximum absolute atomic E-state index is 15.5. The number of sulfonamides is 1. The Balaban J connectivity index is 1.40. The number of halogens is 3. The van der Waals surface area contributed by atoms with Crippen LogP contribution < -0.4 is 10.0 Å². The smallest absolute Gasteiger partial charge is 0.263 e. The maximum atomic E-state index is 15.5. The van der Waals surface area contributed by atoms with E-state index >= 15 is 4.39 Å². The molecule has 0 aliphatic heterocycles. The molecule has 0 amide bonds. The van der Waals surface area contributed by atoms with Crippen LogP contribution in [0.3, 0.4) is 0 Å². The van der Waals surface area contributed by atoms with Crippen LogP contribution in [0.1, 0.15) is 0 Å².